The van der Waals surface area contributed by atoms with Crippen LogP contribution in [0, 0.1) is 0 Å². The third-order valence-electron chi connectivity index (χ3n) is 7.75. The Hall–Kier alpha value is -0.230. The first-order valence-corrected chi connectivity index (χ1v) is 15.5. The van der Waals surface area contributed by atoms with E-state index in [-0.39, 0.29) is 14.0 Å². The minimum atomic E-state index is 0.0410. The number of hydrogen-bond donors (Lipinski definition) is 0. The van der Waals surface area contributed by atoms with Crippen LogP contribution in [0.25, 0.3) is 6.08 Å². The van der Waals surface area contributed by atoms with Gasteiger partial charge in [0.2, 0.25) is 0 Å². The smallest absolute Gasteiger partial charge is 0.147 e. The summed E-state index contributed by atoms with van der Waals surface area (Å²) >= 11 is 13.0. The van der Waals surface area contributed by atoms with E-state index in [1.807, 2.05) is 6.07 Å². The summed E-state index contributed by atoms with van der Waals surface area (Å²) < 4.78 is 6.17. The Morgan fingerprint density at radius 1 is 0.844 bits per heavy atom. The Morgan fingerprint density at radius 3 is 2.03 bits per heavy atom. The van der Waals surface area contributed by atoms with Crippen LogP contribution in [0.4, 0.5) is 0 Å². The van der Waals surface area contributed by atoms with Crippen LogP contribution in [0.3, 0.4) is 0 Å². The van der Waals surface area contributed by atoms with E-state index in [0.717, 1.165) is 28.3 Å². The fraction of sp³-hybridized carbons (Fsp3) is 0.714. The normalized spacial score (nSPS) is 25.1. The van der Waals surface area contributed by atoms with Gasteiger partial charge in [-0.25, -0.2) is 0 Å². The highest BCUT2D eigenvalue weighted by molar-refractivity contribution is 7.60. The van der Waals surface area contributed by atoms with Gasteiger partial charge in [-0.2, -0.15) is 0 Å². The molecule has 3 saturated carbocycles. The van der Waals surface area contributed by atoms with Gasteiger partial charge < -0.3 is 4.74 Å². The number of ether oxygens (including phenoxy) is 1. The molecule has 0 bridgehead atoms. The van der Waals surface area contributed by atoms with E-state index >= 15 is 0 Å². The van der Waals surface area contributed by atoms with Gasteiger partial charge in [0, 0.05) is 11.2 Å². The zero-order chi connectivity index (χ0) is 22.5. The minimum absolute atomic E-state index is 0.0410. The van der Waals surface area contributed by atoms with Crippen LogP contribution in [0.2, 0.25) is 10.0 Å². The summed E-state index contributed by atoms with van der Waals surface area (Å²) in [6.07, 6.45) is 22.6. The third kappa shape index (κ3) is 6.06. The second-order valence-electron chi connectivity index (χ2n) is 10.5. The molecule has 0 amide bonds. The molecule has 0 N–H and O–H groups in total. The highest BCUT2D eigenvalue weighted by Gasteiger charge is 2.38. The topological polar surface area (TPSA) is 9.23 Å². The maximum atomic E-state index is 6.62. The monoisotopic (exact) mass is 494 g/mol. The molecule has 0 aliphatic heterocycles. The van der Waals surface area contributed by atoms with Gasteiger partial charge in [-0.1, -0.05) is 87.7 Å². The first-order valence-electron chi connectivity index (χ1n) is 13.2. The number of rotatable bonds is 6. The molecule has 1 atom stereocenters. The van der Waals surface area contributed by atoms with Gasteiger partial charge in [-0.05, 0) is 82.2 Å². The molecule has 32 heavy (non-hydrogen) atoms. The summed E-state index contributed by atoms with van der Waals surface area (Å²) in [7, 11) is 0.0410. The van der Waals surface area contributed by atoms with Gasteiger partial charge >= 0.3 is 0 Å². The maximum Gasteiger partial charge on any atom is 0.147 e. The lowest BCUT2D eigenvalue weighted by molar-refractivity contribution is 0.242. The predicted octanol–water partition coefficient (Wildman–Crippen LogP) is 10.3. The Kier molecular flexibility index (Phi) is 9.29. The number of benzene rings is 1. The molecule has 1 unspecified atom stereocenters. The van der Waals surface area contributed by atoms with Crippen LogP contribution in [-0.4, -0.2) is 23.1 Å². The van der Waals surface area contributed by atoms with E-state index in [1.165, 1.54) is 89.9 Å². The standard InChI is InChI=1S/C28H41Cl2OP/c1-20(2)31-28-22(17-18-25(29)27(28)30)19-21-11-9-10-16-26(21)32(23-12-5-3-6-13-23)24-14-7-4-8-15-24/h17-20,23-24,26H,3-16H2,1-2H3. The predicted molar refractivity (Wildman–Crippen MR) is 143 cm³/mol. The minimum Gasteiger partial charge on any atom is -0.489 e. The van der Waals surface area contributed by atoms with Crippen LogP contribution in [0.5, 0.6) is 5.75 Å². The van der Waals surface area contributed by atoms with Crippen LogP contribution >= 0.6 is 31.1 Å². The molecule has 1 aromatic carbocycles. The summed E-state index contributed by atoms with van der Waals surface area (Å²) in [4.78, 5) is 0. The average Bonchev–Trinajstić information content (AvgIpc) is 2.81. The molecule has 3 fully saturated rings. The van der Waals surface area contributed by atoms with Crippen molar-refractivity contribution in [3.8, 4) is 5.75 Å². The molecule has 0 heterocycles. The summed E-state index contributed by atoms with van der Waals surface area (Å²) in [6.45, 7) is 4.12. The van der Waals surface area contributed by atoms with Crippen molar-refractivity contribution in [2.45, 2.75) is 127 Å². The van der Waals surface area contributed by atoms with Gasteiger partial charge in [0.15, 0.2) is 0 Å². The fourth-order valence-corrected chi connectivity index (χ4v) is 11.3. The molecular weight excluding hydrogens is 454 g/mol. The summed E-state index contributed by atoms with van der Waals surface area (Å²) in [5, 5.41) is 1.14. The first kappa shape index (κ1) is 24.9. The van der Waals surface area contributed by atoms with Gasteiger partial charge in [-0.3, -0.25) is 0 Å². The molecule has 1 nitrogen and oxygen atoms in total. The highest BCUT2D eigenvalue weighted by atomic mass is 35.5. The zero-order valence-corrected chi connectivity index (χ0v) is 22.5. The lowest BCUT2D eigenvalue weighted by Crippen LogP contribution is -2.29. The van der Waals surface area contributed by atoms with Crippen molar-refractivity contribution in [1.82, 2.24) is 0 Å². The zero-order valence-electron chi connectivity index (χ0n) is 20.1. The van der Waals surface area contributed by atoms with Crippen molar-refractivity contribution in [2.24, 2.45) is 0 Å². The molecule has 0 spiro atoms. The summed E-state index contributed by atoms with van der Waals surface area (Å²) in [5.41, 5.74) is 5.59. The van der Waals surface area contributed by atoms with Gasteiger partial charge in [-0.15, -0.1) is 0 Å². The van der Waals surface area contributed by atoms with E-state index in [0.29, 0.717) is 10.0 Å². The molecule has 0 aromatic heterocycles. The van der Waals surface area contributed by atoms with Crippen LogP contribution in [0.1, 0.15) is 109 Å². The first-order chi connectivity index (χ1) is 15.5. The number of hydrogen-bond acceptors (Lipinski definition) is 1. The van der Waals surface area contributed by atoms with Crippen molar-refractivity contribution in [2.75, 3.05) is 0 Å². The largest absolute Gasteiger partial charge is 0.489 e. The van der Waals surface area contributed by atoms with Gasteiger partial charge in [0.05, 0.1) is 11.1 Å². The molecule has 0 radical (unpaired) electrons. The van der Waals surface area contributed by atoms with E-state index in [1.54, 1.807) is 5.57 Å². The fourth-order valence-electron chi connectivity index (χ4n) is 6.31. The quantitative estimate of drug-likeness (QED) is 0.357. The Morgan fingerprint density at radius 2 is 1.44 bits per heavy atom. The molecule has 178 valence electrons. The molecule has 4 rings (SSSR count). The van der Waals surface area contributed by atoms with Crippen LogP contribution in [0.15, 0.2) is 17.7 Å². The van der Waals surface area contributed by atoms with E-state index < -0.39 is 0 Å². The third-order valence-corrected chi connectivity index (χ3v) is 12.6. The second kappa shape index (κ2) is 12.0. The lowest BCUT2D eigenvalue weighted by Gasteiger charge is -2.45. The van der Waals surface area contributed by atoms with E-state index in [4.69, 9.17) is 27.9 Å². The molecule has 1 aromatic rings. The lowest BCUT2D eigenvalue weighted by atomic mass is 9.92. The van der Waals surface area contributed by atoms with Crippen molar-refractivity contribution >= 4 is 37.2 Å². The number of allylic oxidation sites excluding steroid dienone is 1. The highest BCUT2D eigenvalue weighted by Crippen LogP contribution is 2.63. The Labute approximate surface area is 207 Å². The maximum absolute atomic E-state index is 6.62. The van der Waals surface area contributed by atoms with Crippen LogP contribution < -0.4 is 4.74 Å². The average molecular weight is 496 g/mol. The van der Waals surface area contributed by atoms with E-state index in [2.05, 4.69) is 26.0 Å². The van der Waals surface area contributed by atoms with Crippen molar-refractivity contribution in [1.29, 1.82) is 0 Å². The Bertz CT molecular complexity index is 760. The van der Waals surface area contributed by atoms with Gasteiger partial charge in [0.25, 0.3) is 0 Å². The molecule has 0 saturated heterocycles. The SMILES string of the molecule is CC(C)Oc1c(C=C2CCCCC2P(C2CCCCC2)C2CCCCC2)ccc(Cl)c1Cl. The molecule has 4 heteroatoms. The van der Waals surface area contributed by atoms with Crippen LogP contribution in [-0.2, 0) is 0 Å². The van der Waals surface area contributed by atoms with Crippen molar-refractivity contribution < 1.29 is 4.74 Å². The Balaban J connectivity index is 1.69. The summed E-state index contributed by atoms with van der Waals surface area (Å²) in [5.74, 6) is 0.769. The summed E-state index contributed by atoms with van der Waals surface area (Å²) in [6, 6.07) is 4.06. The van der Waals surface area contributed by atoms with Gasteiger partial charge in [0.1, 0.15) is 10.8 Å². The second-order valence-corrected chi connectivity index (χ2v) is 14.2. The number of halogens is 2. The molecular formula is C28H41Cl2OP. The molecule has 3 aliphatic rings. The van der Waals surface area contributed by atoms with Crippen molar-refractivity contribution in [3.63, 3.8) is 0 Å². The van der Waals surface area contributed by atoms with E-state index in [9.17, 15) is 0 Å². The van der Waals surface area contributed by atoms with Crippen molar-refractivity contribution in [3.05, 3.63) is 33.3 Å². The molecule has 3 aliphatic carbocycles.